The largest absolute Gasteiger partial charge is 0.347 e. The van der Waals surface area contributed by atoms with Crippen molar-refractivity contribution in [3.63, 3.8) is 0 Å². The van der Waals surface area contributed by atoms with Crippen LogP contribution in [0.15, 0.2) is 97.5 Å². The van der Waals surface area contributed by atoms with Crippen LogP contribution in [0.25, 0.3) is 0 Å². The number of hydrogen-bond donors (Lipinski definition) is 1. The lowest BCUT2D eigenvalue weighted by molar-refractivity contribution is 0.0893. The van der Waals surface area contributed by atoms with E-state index in [0.717, 1.165) is 38.0 Å². The van der Waals surface area contributed by atoms with E-state index in [-0.39, 0.29) is 17.9 Å². The first-order valence-electron chi connectivity index (χ1n) is 12.8. The number of aromatic nitrogens is 2. The highest BCUT2D eigenvalue weighted by atomic mass is 16.2. The molecule has 186 valence electrons. The van der Waals surface area contributed by atoms with E-state index in [1.54, 1.807) is 24.7 Å². The molecule has 1 aromatic heterocycles. The van der Waals surface area contributed by atoms with Crippen molar-refractivity contribution in [2.45, 2.75) is 31.3 Å². The first-order valence-corrected chi connectivity index (χ1v) is 12.8. The van der Waals surface area contributed by atoms with Crippen LogP contribution in [0.5, 0.6) is 0 Å². The van der Waals surface area contributed by atoms with Gasteiger partial charge in [-0.1, -0.05) is 72.8 Å². The van der Waals surface area contributed by atoms with E-state index in [2.05, 4.69) is 81.9 Å². The van der Waals surface area contributed by atoms with Gasteiger partial charge in [-0.2, -0.15) is 5.26 Å². The Bertz CT molecular complexity index is 1300. The maximum Gasteiger partial charge on any atom is 0.269 e. The fourth-order valence-electron chi connectivity index (χ4n) is 5.15. The number of nitrogens with zero attached hydrogens (tertiary/aromatic N) is 4. The summed E-state index contributed by atoms with van der Waals surface area (Å²) in [4.78, 5) is 19.9. The number of likely N-dealkylation sites (tertiary alicyclic amines) is 1. The molecular formula is C31H31N5O. The van der Waals surface area contributed by atoms with E-state index in [1.165, 1.54) is 11.1 Å². The standard InChI is InChI=1S/C31H31N5O/c32-18-24-13-15-25(16-14-24)20-36-23-33-19-30(36)31(37)34-28-12-7-17-35(21-28)22-29(26-8-3-1-4-9-26)27-10-5-2-6-11-27/h1-6,8-11,13-16,19,23,28-29H,7,12,17,20-22H2,(H,34,37)/t28-/m0/s1. The highest BCUT2D eigenvalue weighted by Crippen LogP contribution is 2.27. The number of carbonyl (C=O) groups is 1. The van der Waals surface area contributed by atoms with Crippen LogP contribution in [-0.2, 0) is 6.54 Å². The molecule has 37 heavy (non-hydrogen) atoms. The molecule has 1 N–H and O–H groups in total. The van der Waals surface area contributed by atoms with E-state index in [0.29, 0.717) is 17.8 Å². The molecule has 4 aromatic rings. The fourth-order valence-corrected chi connectivity index (χ4v) is 5.15. The second kappa shape index (κ2) is 11.7. The molecular weight excluding hydrogens is 458 g/mol. The van der Waals surface area contributed by atoms with Crippen molar-refractivity contribution in [3.8, 4) is 6.07 Å². The van der Waals surface area contributed by atoms with Gasteiger partial charge in [0, 0.05) is 31.6 Å². The summed E-state index contributed by atoms with van der Waals surface area (Å²) in [6, 6.07) is 31.0. The summed E-state index contributed by atoms with van der Waals surface area (Å²) in [7, 11) is 0. The van der Waals surface area contributed by atoms with Gasteiger partial charge in [0.15, 0.2) is 0 Å². The molecule has 2 heterocycles. The lowest BCUT2D eigenvalue weighted by Gasteiger charge is -2.35. The van der Waals surface area contributed by atoms with Crippen molar-refractivity contribution in [3.05, 3.63) is 125 Å². The predicted octanol–water partition coefficient (Wildman–Crippen LogP) is 4.83. The fraction of sp³-hybridized carbons (Fsp3) is 0.258. The SMILES string of the molecule is N#Cc1ccc(Cn2cncc2C(=O)N[C@H]2CCCN(CC(c3ccccc3)c3ccccc3)C2)cc1. The highest BCUT2D eigenvalue weighted by molar-refractivity contribution is 5.92. The Kier molecular flexibility index (Phi) is 7.73. The van der Waals surface area contributed by atoms with E-state index in [9.17, 15) is 4.79 Å². The van der Waals surface area contributed by atoms with Crippen LogP contribution in [0, 0.1) is 11.3 Å². The van der Waals surface area contributed by atoms with Crippen LogP contribution in [0.1, 0.15) is 51.5 Å². The van der Waals surface area contributed by atoms with Gasteiger partial charge in [0.05, 0.1) is 24.2 Å². The lowest BCUT2D eigenvalue weighted by Crippen LogP contribution is -2.49. The topological polar surface area (TPSA) is 73.9 Å². The van der Waals surface area contributed by atoms with Gasteiger partial charge in [-0.25, -0.2) is 4.98 Å². The summed E-state index contributed by atoms with van der Waals surface area (Å²) in [6.45, 7) is 3.29. The Morgan fingerprint density at radius 1 is 1.00 bits per heavy atom. The Labute approximate surface area is 218 Å². The van der Waals surface area contributed by atoms with Gasteiger partial charge in [-0.15, -0.1) is 0 Å². The maximum absolute atomic E-state index is 13.2. The Morgan fingerprint density at radius 3 is 2.32 bits per heavy atom. The van der Waals surface area contributed by atoms with Crippen LogP contribution in [0.2, 0.25) is 0 Å². The van der Waals surface area contributed by atoms with E-state index in [4.69, 9.17) is 5.26 Å². The number of amides is 1. The number of nitrogens with one attached hydrogen (secondary N) is 1. The third kappa shape index (κ3) is 6.14. The summed E-state index contributed by atoms with van der Waals surface area (Å²) in [6.07, 6.45) is 5.32. The molecule has 1 aliphatic heterocycles. The zero-order chi connectivity index (χ0) is 25.5. The number of nitriles is 1. The van der Waals surface area contributed by atoms with Gasteiger partial charge >= 0.3 is 0 Å². The van der Waals surface area contributed by atoms with E-state index >= 15 is 0 Å². The minimum Gasteiger partial charge on any atom is -0.347 e. The second-order valence-electron chi connectivity index (χ2n) is 9.66. The average molecular weight is 490 g/mol. The van der Waals surface area contributed by atoms with Gasteiger partial charge in [0.1, 0.15) is 5.69 Å². The number of carbonyl (C=O) groups excluding carboxylic acids is 1. The molecule has 0 unspecified atom stereocenters. The molecule has 1 saturated heterocycles. The molecule has 3 aromatic carbocycles. The summed E-state index contributed by atoms with van der Waals surface area (Å²) in [5.74, 6) is 0.186. The van der Waals surface area contributed by atoms with Crippen molar-refractivity contribution in [1.82, 2.24) is 19.8 Å². The van der Waals surface area contributed by atoms with Gasteiger partial charge in [0.2, 0.25) is 0 Å². The molecule has 0 radical (unpaired) electrons. The van der Waals surface area contributed by atoms with Crippen molar-refractivity contribution in [2.75, 3.05) is 19.6 Å². The molecule has 1 fully saturated rings. The molecule has 6 heteroatoms. The molecule has 1 amide bonds. The number of rotatable bonds is 8. The van der Waals surface area contributed by atoms with E-state index in [1.807, 2.05) is 16.7 Å². The van der Waals surface area contributed by atoms with Gasteiger partial charge in [0.25, 0.3) is 5.91 Å². The predicted molar refractivity (Wildman–Crippen MR) is 144 cm³/mol. The summed E-state index contributed by atoms with van der Waals surface area (Å²) < 4.78 is 1.86. The van der Waals surface area contributed by atoms with Crippen molar-refractivity contribution >= 4 is 5.91 Å². The maximum atomic E-state index is 13.2. The Hall–Kier alpha value is -4.21. The van der Waals surface area contributed by atoms with Crippen molar-refractivity contribution in [1.29, 1.82) is 5.26 Å². The zero-order valence-electron chi connectivity index (χ0n) is 20.8. The molecule has 0 aliphatic carbocycles. The number of imidazole rings is 1. The number of piperidine rings is 1. The number of benzene rings is 3. The summed E-state index contributed by atoms with van der Waals surface area (Å²) in [5, 5.41) is 12.3. The quantitative estimate of drug-likeness (QED) is 0.385. The van der Waals surface area contributed by atoms with Gasteiger partial charge in [-0.3, -0.25) is 4.79 Å². The third-order valence-corrected chi connectivity index (χ3v) is 7.07. The van der Waals surface area contributed by atoms with E-state index < -0.39 is 0 Å². The Balaban J connectivity index is 1.24. The van der Waals surface area contributed by atoms with Crippen molar-refractivity contribution in [2.24, 2.45) is 0 Å². The van der Waals surface area contributed by atoms with Gasteiger partial charge in [-0.05, 0) is 48.2 Å². The summed E-state index contributed by atoms with van der Waals surface area (Å²) >= 11 is 0. The summed E-state index contributed by atoms with van der Waals surface area (Å²) in [5.41, 5.74) is 4.81. The zero-order valence-corrected chi connectivity index (χ0v) is 20.8. The highest BCUT2D eigenvalue weighted by Gasteiger charge is 2.26. The molecule has 6 nitrogen and oxygen atoms in total. The number of hydrogen-bond acceptors (Lipinski definition) is 4. The van der Waals surface area contributed by atoms with Crippen LogP contribution >= 0.6 is 0 Å². The van der Waals surface area contributed by atoms with Gasteiger partial charge < -0.3 is 14.8 Å². The minimum absolute atomic E-state index is 0.0895. The molecule has 5 rings (SSSR count). The molecule has 1 aliphatic rings. The first-order chi connectivity index (χ1) is 18.2. The molecule has 1 atom stereocenters. The lowest BCUT2D eigenvalue weighted by atomic mass is 9.90. The van der Waals surface area contributed by atoms with Crippen LogP contribution in [-0.4, -0.2) is 46.0 Å². The van der Waals surface area contributed by atoms with Crippen LogP contribution in [0.3, 0.4) is 0 Å². The first kappa shape index (κ1) is 24.5. The van der Waals surface area contributed by atoms with Crippen LogP contribution < -0.4 is 5.32 Å². The van der Waals surface area contributed by atoms with Crippen molar-refractivity contribution < 1.29 is 4.79 Å². The average Bonchev–Trinajstić information content (AvgIpc) is 3.42. The second-order valence-corrected chi connectivity index (χ2v) is 9.66. The Morgan fingerprint density at radius 2 is 1.68 bits per heavy atom. The monoisotopic (exact) mass is 489 g/mol. The van der Waals surface area contributed by atoms with Crippen LogP contribution in [0.4, 0.5) is 0 Å². The molecule has 0 spiro atoms. The molecule has 0 bridgehead atoms. The molecule has 0 saturated carbocycles. The smallest absolute Gasteiger partial charge is 0.269 e. The third-order valence-electron chi connectivity index (χ3n) is 7.07. The minimum atomic E-state index is -0.0966. The normalized spacial score (nSPS) is 15.8.